The van der Waals surface area contributed by atoms with Crippen molar-refractivity contribution in [3.8, 4) is 0 Å². The van der Waals surface area contributed by atoms with Crippen molar-refractivity contribution in [2.24, 2.45) is 5.14 Å². The number of hydrogen-bond donors (Lipinski definition) is 3. The number of rotatable bonds is 5. The number of anilines is 2. The molecule has 0 aliphatic carbocycles. The first kappa shape index (κ1) is 13.2. The van der Waals surface area contributed by atoms with Gasteiger partial charge in [-0.1, -0.05) is 0 Å². The van der Waals surface area contributed by atoms with E-state index in [4.69, 9.17) is 10.9 Å². The Morgan fingerprint density at radius 3 is 2.53 bits per heavy atom. The van der Waals surface area contributed by atoms with Crippen LogP contribution in [0.15, 0.2) is 18.2 Å². The van der Waals surface area contributed by atoms with E-state index in [0.29, 0.717) is 5.69 Å². The smallest absolute Gasteiger partial charge is 0.273 e. The first-order valence-electron chi connectivity index (χ1n) is 4.57. The van der Waals surface area contributed by atoms with Gasteiger partial charge in [0.2, 0.25) is 10.0 Å². The standard InChI is InChI=1S/C8H12N4O4S/c9-6-3-7(5-8(4-6)12(13)14)11-1-2-17(10,15)16/h3-5,11H,1-2,9H2,(H2,10,15,16). The van der Waals surface area contributed by atoms with Gasteiger partial charge in [0.1, 0.15) is 0 Å². The number of benzene rings is 1. The number of nitrogens with two attached hydrogens (primary N) is 2. The molecular formula is C8H12N4O4S. The minimum atomic E-state index is -3.56. The molecule has 0 atom stereocenters. The lowest BCUT2D eigenvalue weighted by Crippen LogP contribution is -2.22. The Hall–Kier alpha value is -1.87. The second kappa shape index (κ2) is 4.97. The lowest BCUT2D eigenvalue weighted by molar-refractivity contribution is -0.384. The van der Waals surface area contributed by atoms with Crippen molar-refractivity contribution in [2.75, 3.05) is 23.3 Å². The van der Waals surface area contributed by atoms with Crippen molar-refractivity contribution in [3.63, 3.8) is 0 Å². The maximum absolute atomic E-state index is 10.7. The number of nitro benzene ring substituents is 1. The van der Waals surface area contributed by atoms with Crippen LogP contribution in [0, 0.1) is 10.1 Å². The molecule has 0 saturated heterocycles. The highest BCUT2D eigenvalue weighted by molar-refractivity contribution is 7.89. The summed E-state index contributed by atoms with van der Waals surface area (Å²) in [5, 5.41) is 18.0. The maximum atomic E-state index is 10.7. The molecule has 0 unspecified atom stereocenters. The fraction of sp³-hybridized carbons (Fsp3) is 0.250. The zero-order chi connectivity index (χ0) is 13.1. The summed E-state index contributed by atoms with van der Waals surface area (Å²) >= 11 is 0. The highest BCUT2D eigenvalue weighted by Crippen LogP contribution is 2.21. The van der Waals surface area contributed by atoms with Gasteiger partial charge in [0.15, 0.2) is 0 Å². The summed E-state index contributed by atoms with van der Waals surface area (Å²) in [6.45, 7) is 0.0550. The van der Waals surface area contributed by atoms with Crippen molar-refractivity contribution >= 4 is 27.1 Å². The fourth-order valence-corrected chi connectivity index (χ4v) is 1.57. The van der Waals surface area contributed by atoms with Crippen molar-refractivity contribution in [1.29, 1.82) is 0 Å². The molecule has 8 nitrogen and oxygen atoms in total. The Kier molecular flexibility index (Phi) is 3.86. The molecule has 9 heteroatoms. The van der Waals surface area contributed by atoms with Gasteiger partial charge in [0.25, 0.3) is 5.69 Å². The Bertz CT molecular complexity index is 528. The number of sulfonamides is 1. The summed E-state index contributed by atoms with van der Waals surface area (Å²) < 4.78 is 21.3. The third-order valence-corrected chi connectivity index (χ3v) is 2.64. The molecule has 0 aromatic heterocycles. The van der Waals surface area contributed by atoms with Crippen LogP contribution in [-0.4, -0.2) is 25.6 Å². The molecule has 0 saturated carbocycles. The highest BCUT2D eigenvalue weighted by atomic mass is 32.2. The second-order valence-corrected chi connectivity index (χ2v) is 5.10. The van der Waals surface area contributed by atoms with Gasteiger partial charge in [-0.2, -0.15) is 0 Å². The molecule has 17 heavy (non-hydrogen) atoms. The number of primary sulfonamides is 1. The minimum Gasteiger partial charge on any atom is -0.398 e. The predicted molar refractivity (Wildman–Crippen MR) is 64.0 cm³/mol. The van der Waals surface area contributed by atoms with Crippen LogP contribution in [-0.2, 0) is 10.0 Å². The molecule has 94 valence electrons. The Morgan fingerprint density at radius 1 is 1.35 bits per heavy atom. The summed E-state index contributed by atoms with van der Waals surface area (Å²) in [7, 11) is -3.56. The van der Waals surface area contributed by atoms with Crippen molar-refractivity contribution in [1.82, 2.24) is 0 Å². The molecule has 0 aliphatic rings. The highest BCUT2D eigenvalue weighted by Gasteiger charge is 2.09. The average molecular weight is 260 g/mol. The third kappa shape index (κ3) is 4.66. The summed E-state index contributed by atoms with van der Waals surface area (Å²) in [4.78, 5) is 9.96. The number of hydrogen-bond acceptors (Lipinski definition) is 6. The monoisotopic (exact) mass is 260 g/mol. The van der Waals surface area contributed by atoms with Gasteiger partial charge >= 0.3 is 0 Å². The summed E-state index contributed by atoms with van der Waals surface area (Å²) in [5.41, 5.74) is 5.90. The summed E-state index contributed by atoms with van der Waals surface area (Å²) in [6, 6.07) is 3.94. The van der Waals surface area contributed by atoms with Gasteiger partial charge in [0, 0.05) is 30.1 Å². The fourth-order valence-electron chi connectivity index (χ4n) is 1.18. The average Bonchev–Trinajstić information content (AvgIpc) is 2.14. The van der Waals surface area contributed by atoms with E-state index in [9.17, 15) is 18.5 Å². The van der Waals surface area contributed by atoms with Crippen molar-refractivity contribution in [3.05, 3.63) is 28.3 Å². The number of non-ortho nitro benzene ring substituents is 1. The normalized spacial score (nSPS) is 11.1. The van der Waals surface area contributed by atoms with Gasteiger partial charge < -0.3 is 11.1 Å². The van der Waals surface area contributed by atoms with E-state index in [0.717, 1.165) is 0 Å². The van der Waals surface area contributed by atoms with Crippen LogP contribution < -0.4 is 16.2 Å². The van der Waals surface area contributed by atoms with Crippen molar-refractivity contribution < 1.29 is 13.3 Å². The topological polar surface area (TPSA) is 141 Å². The minimum absolute atomic E-state index is 0.0550. The first-order valence-corrected chi connectivity index (χ1v) is 6.29. The van der Waals surface area contributed by atoms with Crippen LogP contribution in [0.2, 0.25) is 0 Å². The van der Waals surface area contributed by atoms with Crippen LogP contribution in [0.3, 0.4) is 0 Å². The summed E-state index contributed by atoms with van der Waals surface area (Å²) in [5.74, 6) is -0.268. The van der Waals surface area contributed by atoms with Crippen LogP contribution in [0.4, 0.5) is 17.1 Å². The Labute approximate surface area is 97.8 Å². The SMILES string of the molecule is Nc1cc(NCCS(N)(=O)=O)cc([N+](=O)[O-])c1. The van der Waals surface area contributed by atoms with E-state index in [1.54, 1.807) is 0 Å². The lowest BCUT2D eigenvalue weighted by atomic mass is 10.2. The van der Waals surface area contributed by atoms with Crippen molar-refractivity contribution in [2.45, 2.75) is 0 Å². The molecule has 0 heterocycles. The van der Waals surface area contributed by atoms with Gasteiger partial charge in [-0.05, 0) is 6.07 Å². The molecule has 5 N–H and O–H groups in total. The maximum Gasteiger partial charge on any atom is 0.273 e. The molecule has 1 aromatic rings. The Balaban J connectivity index is 2.75. The van der Waals surface area contributed by atoms with Crippen LogP contribution in [0.5, 0.6) is 0 Å². The number of nitro groups is 1. The Morgan fingerprint density at radius 2 is 2.00 bits per heavy atom. The molecule has 0 spiro atoms. The molecule has 0 amide bonds. The first-order chi connectivity index (χ1) is 7.78. The molecule has 0 fully saturated rings. The molecule has 1 rings (SSSR count). The third-order valence-electron chi connectivity index (χ3n) is 1.87. The number of nitrogens with one attached hydrogen (secondary N) is 1. The van der Waals surface area contributed by atoms with Crippen LogP contribution in [0.25, 0.3) is 0 Å². The second-order valence-electron chi connectivity index (χ2n) is 3.36. The molecule has 0 radical (unpaired) electrons. The quantitative estimate of drug-likeness (QED) is 0.382. The van der Waals surface area contributed by atoms with E-state index in [1.807, 2.05) is 0 Å². The van der Waals surface area contributed by atoms with Gasteiger partial charge in [-0.25, -0.2) is 13.6 Å². The molecular weight excluding hydrogens is 248 g/mol. The summed E-state index contributed by atoms with van der Waals surface area (Å²) in [6.07, 6.45) is 0. The van der Waals surface area contributed by atoms with E-state index in [2.05, 4.69) is 5.32 Å². The van der Waals surface area contributed by atoms with Crippen LogP contribution in [0.1, 0.15) is 0 Å². The van der Waals surface area contributed by atoms with E-state index in [-0.39, 0.29) is 23.7 Å². The largest absolute Gasteiger partial charge is 0.398 e. The van der Waals surface area contributed by atoms with E-state index >= 15 is 0 Å². The zero-order valence-electron chi connectivity index (χ0n) is 8.79. The lowest BCUT2D eigenvalue weighted by Gasteiger charge is -2.06. The van der Waals surface area contributed by atoms with Gasteiger partial charge in [-0.15, -0.1) is 0 Å². The molecule has 0 aliphatic heterocycles. The van der Waals surface area contributed by atoms with Gasteiger partial charge in [-0.3, -0.25) is 10.1 Å². The predicted octanol–water partition coefficient (Wildman–Crippen LogP) is -0.123. The van der Waals surface area contributed by atoms with E-state index < -0.39 is 14.9 Å². The number of nitrogens with zero attached hydrogens (tertiary/aromatic N) is 1. The zero-order valence-corrected chi connectivity index (χ0v) is 9.61. The van der Waals surface area contributed by atoms with Gasteiger partial charge in [0.05, 0.1) is 10.7 Å². The molecule has 0 bridgehead atoms. The van der Waals surface area contributed by atoms with E-state index in [1.165, 1.54) is 18.2 Å². The molecule has 1 aromatic carbocycles. The number of nitrogen functional groups attached to an aromatic ring is 1. The van der Waals surface area contributed by atoms with Crippen LogP contribution >= 0.6 is 0 Å².